The molecule has 2 heterocycles. The van der Waals surface area contributed by atoms with E-state index in [1.165, 1.54) is 0 Å². The van der Waals surface area contributed by atoms with Gasteiger partial charge < -0.3 is 10.2 Å². The number of benzene rings is 1. The summed E-state index contributed by atoms with van der Waals surface area (Å²) < 4.78 is 1.64. The quantitative estimate of drug-likeness (QED) is 0.848. The van der Waals surface area contributed by atoms with Gasteiger partial charge in [-0.3, -0.25) is 9.48 Å². The van der Waals surface area contributed by atoms with Crippen LogP contribution in [0.15, 0.2) is 30.5 Å². The lowest BCUT2D eigenvalue weighted by molar-refractivity contribution is -0.117. The fourth-order valence-electron chi connectivity index (χ4n) is 2.26. The van der Waals surface area contributed by atoms with E-state index in [1.54, 1.807) is 9.58 Å². The molecule has 2 aromatic rings. The molecule has 6 nitrogen and oxygen atoms in total. The molecule has 0 atom stereocenters. The maximum absolute atomic E-state index is 12.2. The minimum absolute atomic E-state index is 0.0515. The number of para-hydroxylation sites is 1. The largest absolute Gasteiger partial charge is 0.305 e. The Morgan fingerprint density at radius 2 is 2.16 bits per heavy atom. The lowest BCUT2D eigenvalue weighted by atomic mass is 10.1. The van der Waals surface area contributed by atoms with Crippen LogP contribution in [0.3, 0.4) is 0 Å². The van der Waals surface area contributed by atoms with Gasteiger partial charge in [-0.1, -0.05) is 23.4 Å². The van der Waals surface area contributed by atoms with Gasteiger partial charge >= 0.3 is 0 Å². The number of anilines is 1. The number of amides is 1. The summed E-state index contributed by atoms with van der Waals surface area (Å²) in [4.78, 5) is 14.0. The van der Waals surface area contributed by atoms with E-state index in [-0.39, 0.29) is 5.91 Å². The average molecular weight is 257 g/mol. The third-order valence-electron chi connectivity index (χ3n) is 3.15. The van der Waals surface area contributed by atoms with Gasteiger partial charge in [0.05, 0.1) is 13.1 Å². The van der Waals surface area contributed by atoms with Crippen LogP contribution in [0.1, 0.15) is 11.3 Å². The Bertz CT molecular complexity index is 607. The number of carbonyl (C=O) groups excluding carboxylic acids is 1. The van der Waals surface area contributed by atoms with Gasteiger partial charge in [0.15, 0.2) is 0 Å². The number of fused-ring (bicyclic) bond motifs is 1. The van der Waals surface area contributed by atoms with Gasteiger partial charge in [-0.25, -0.2) is 0 Å². The zero-order valence-corrected chi connectivity index (χ0v) is 10.7. The Balaban J connectivity index is 1.95. The first-order chi connectivity index (χ1) is 9.24. The summed E-state index contributed by atoms with van der Waals surface area (Å²) in [6.45, 7) is 1.50. The van der Waals surface area contributed by atoms with Gasteiger partial charge in [-0.15, -0.1) is 5.10 Å². The van der Waals surface area contributed by atoms with E-state index in [9.17, 15) is 4.79 Å². The number of hydrogen-bond donors (Lipinski definition) is 1. The molecule has 0 saturated carbocycles. The van der Waals surface area contributed by atoms with Crippen LogP contribution in [-0.2, 0) is 24.9 Å². The fourth-order valence-corrected chi connectivity index (χ4v) is 2.26. The van der Waals surface area contributed by atoms with Crippen molar-refractivity contribution >= 4 is 11.6 Å². The molecule has 0 bridgehead atoms. The number of hydrogen-bond acceptors (Lipinski definition) is 4. The summed E-state index contributed by atoms with van der Waals surface area (Å²) in [5.41, 5.74) is 2.85. The molecule has 1 aromatic heterocycles. The number of aryl methyl sites for hydroxylation is 1. The minimum atomic E-state index is 0.0515. The van der Waals surface area contributed by atoms with Crippen molar-refractivity contribution in [2.45, 2.75) is 13.1 Å². The predicted molar refractivity (Wildman–Crippen MR) is 70.3 cm³/mol. The Morgan fingerprint density at radius 1 is 1.32 bits per heavy atom. The van der Waals surface area contributed by atoms with Crippen LogP contribution in [0.2, 0.25) is 0 Å². The van der Waals surface area contributed by atoms with Crippen LogP contribution in [-0.4, -0.2) is 27.4 Å². The highest BCUT2D eigenvalue weighted by atomic mass is 16.2. The van der Waals surface area contributed by atoms with Crippen LogP contribution in [0, 0.1) is 0 Å². The van der Waals surface area contributed by atoms with Crippen molar-refractivity contribution in [1.29, 1.82) is 0 Å². The topological polar surface area (TPSA) is 63.1 Å². The van der Waals surface area contributed by atoms with Crippen molar-refractivity contribution in [1.82, 2.24) is 20.3 Å². The predicted octanol–water partition coefficient (Wildman–Crippen LogP) is 0.451. The molecule has 98 valence electrons. The molecule has 0 radical (unpaired) electrons. The second-order valence-corrected chi connectivity index (χ2v) is 4.60. The van der Waals surface area contributed by atoms with Crippen molar-refractivity contribution in [3.63, 3.8) is 0 Å². The van der Waals surface area contributed by atoms with E-state index in [1.807, 2.05) is 37.5 Å². The fraction of sp³-hybridized carbons (Fsp3) is 0.308. The average Bonchev–Trinajstić information content (AvgIpc) is 2.75. The first-order valence-electron chi connectivity index (χ1n) is 6.18. The monoisotopic (exact) mass is 257 g/mol. The standard InChI is InChI=1S/C13H15N5O/c1-17-8-11(15-16-17)9-18-12-5-3-2-4-10(12)6-14-7-13(18)19/h2-5,8,14H,6-7,9H2,1H3. The molecule has 0 fully saturated rings. The summed E-state index contributed by atoms with van der Waals surface area (Å²) in [5.74, 6) is 0.0515. The summed E-state index contributed by atoms with van der Waals surface area (Å²) in [7, 11) is 1.82. The van der Waals surface area contributed by atoms with Gasteiger partial charge in [0.2, 0.25) is 5.91 Å². The Morgan fingerprint density at radius 3 is 2.95 bits per heavy atom. The van der Waals surface area contributed by atoms with Crippen LogP contribution in [0.25, 0.3) is 0 Å². The second-order valence-electron chi connectivity index (χ2n) is 4.60. The summed E-state index contributed by atoms with van der Waals surface area (Å²) in [5, 5.41) is 11.1. The molecule has 1 aliphatic rings. The second kappa shape index (κ2) is 4.81. The van der Waals surface area contributed by atoms with Gasteiger partial charge in [0, 0.05) is 25.5 Å². The summed E-state index contributed by atoms with van der Waals surface area (Å²) in [6.07, 6.45) is 1.83. The van der Waals surface area contributed by atoms with E-state index < -0.39 is 0 Å². The van der Waals surface area contributed by atoms with Crippen molar-refractivity contribution in [2.24, 2.45) is 7.05 Å². The smallest absolute Gasteiger partial charge is 0.241 e. The van der Waals surface area contributed by atoms with Gasteiger partial charge in [-0.05, 0) is 11.6 Å². The Labute approximate surface area is 111 Å². The van der Waals surface area contributed by atoms with Crippen LogP contribution in [0.4, 0.5) is 5.69 Å². The van der Waals surface area contributed by atoms with E-state index in [4.69, 9.17) is 0 Å². The Hall–Kier alpha value is -2.21. The number of carbonyl (C=O) groups is 1. The van der Waals surface area contributed by atoms with E-state index in [0.29, 0.717) is 19.6 Å². The molecule has 1 aliphatic heterocycles. The highest BCUT2D eigenvalue weighted by Crippen LogP contribution is 2.23. The van der Waals surface area contributed by atoms with Gasteiger partial charge in [-0.2, -0.15) is 0 Å². The van der Waals surface area contributed by atoms with Crippen molar-refractivity contribution in [3.05, 3.63) is 41.7 Å². The zero-order valence-electron chi connectivity index (χ0n) is 10.7. The number of nitrogens with one attached hydrogen (secondary N) is 1. The third kappa shape index (κ3) is 2.34. The third-order valence-corrected chi connectivity index (χ3v) is 3.15. The molecule has 0 saturated heterocycles. The van der Waals surface area contributed by atoms with Crippen molar-refractivity contribution in [2.75, 3.05) is 11.4 Å². The molecule has 0 spiro atoms. The van der Waals surface area contributed by atoms with Gasteiger partial charge in [0.25, 0.3) is 0 Å². The maximum atomic E-state index is 12.2. The van der Waals surface area contributed by atoms with Crippen molar-refractivity contribution < 1.29 is 4.79 Å². The highest BCUT2D eigenvalue weighted by molar-refractivity contribution is 5.96. The Kier molecular flexibility index (Phi) is 3.00. The van der Waals surface area contributed by atoms with E-state index in [2.05, 4.69) is 15.6 Å². The maximum Gasteiger partial charge on any atom is 0.241 e. The minimum Gasteiger partial charge on any atom is -0.305 e. The number of nitrogens with zero attached hydrogens (tertiary/aromatic N) is 4. The van der Waals surface area contributed by atoms with Crippen molar-refractivity contribution in [3.8, 4) is 0 Å². The summed E-state index contributed by atoms with van der Waals surface area (Å²) >= 11 is 0. The lowest BCUT2D eigenvalue weighted by Crippen LogP contribution is -2.35. The molecule has 1 aromatic carbocycles. The first kappa shape index (κ1) is 11.9. The molecule has 1 N–H and O–H groups in total. The number of aromatic nitrogens is 3. The highest BCUT2D eigenvalue weighted by Gasteiger charge is 2.22. The molecular formula is C13H15N5O. The molecule has 19 heavy (non-hydrogen) atoms. The normalized spacial score (nSPS) is 15.2. The van der Waals surface area contributed by atoms with E-state index >= 15 is 0 Å². The molecule has 3 rings (SSSR count). The molecular weight excluding hydrogens is 242 g/mol. The first-order valence-corrected chi connectivity index (χ1v) is 6.18. The van der Waals surface area contributed by atoms with Crippen LogP contribution >= 0.6 is 0 Å². The molecule has 1 amide bonds. The number of rotatable bonds is 2. The molecule has 0 aliphatic carbocycles. The van der Waals surface area contributed by atoms with Crippen LogP contribution < -0.4 is 10.2 Å². The SMILES string of the molecule is Cn1cc(CN2C(=O)CNCc3ccccc32)nn1. The molecule has 0 unspecified atom stereocenters. The van der Waals surface area contributed by atoms with Crippen LogP contribution in [0.5, 0.6) is 0 Å². The lowest BCUT2D eigenvalue weighted by Gasteiger charge is -2.21. The van der Waals surface area contributed by atoms with E-state index in [0.717, 1.165) is 16.9 Å². The summed E-state index contributed by atoms with van der Waals surface area (Å²) in [6, 6.07) is 7.93. The zero-order chi connectivity index (χ0) is 13.2. The van der Waals surface area contributed by atoms with Gasteiger partial charge in [0.1, 0.15) is 5.69 Å². The molecule has 6 heteroatoms.